The molecule has 0 radical (unpaired) electrons. The molecule has 0 saturated heterocycles. The minimum absolute atomic E-state index is 0.0390. The van der Waals surface area contributed by atoms with Crippen LogP contribution in [0.25, 0.3) is 11.1 Å². The van der Waals surface area contributed by atoms with Crippen molar-refractivity contribution in [1.29, 1.82) is 0 Å². The molecule has 0 aromatic heterocycles. The van der Waals surface area contributed by atoms with E-state index in [1.165, 1.54) is 0 Å². The molecule has 2 aromatic rings. The quantitative estimate of drug-likeness (QED) is 0.313. The maximum Gasteiger partial charge on any atom is 0.407 e. The first-order valence-corrected chi connectivity index (χ1v) is 11.5. The minimum Gasteiger partial charge on any atom is -0.444 e. The van der Waals surface area contributed by atoms with Gasteiger partial charge in [0.2, 0.25) is 5.91 Å². The van der Waals surface area contributed by atoms with Crippen molar-refractivity contribution < 1.29 is 14.3 Å². The van der Waals surface area contributed by atoms with Gasteiger partial charge in [0.15, 0.2) is 0 Å². The van der Waals surface area contributed by atoms with E-state index in [1.807, 2.05) is 63.2 Å². The van der Waals surface area contributed by atoms with Crippen LogP contribution in [0, 0.1) is 5.92 Å². The molecule has 5 N–H and O–H groups in total. The molecule has 0 aliphatic carbocycles. The van der Waals surface area contributed by atoms with Crippen molar-refractivity contribution in [3.63, 3.8) is 0 Å². The van der Waals surface area contributed by atoms with Crippen molar-refractivity contribution in [1.82, 2.24) is 10.6 Å². The number of nitrogens with two attached hydrogens (primary N) is 1. The average molecular weight is 455 g/mol. The van der Waals surface area contributed by atoms with E-state index < -0.39 is 11.7 Å². The molecule has 0 bridgehead atoms. The van der Waals surface area contributed by atoms with Gasteiger partial charge in [-0.05, 0) is 61.9 Å². The molecule has 1 unspecified atom stereocenters. The lowest BCUT2D eigenvalue weighted by Crippen LogP contribution is -2.34. The number of hydrogen-bond acceptors (Lipinski definition) is 5. The first kappa shape index (κ1) is 26.2. The summed E-state index contributed by atoms with van der Waals surface area (Å²) in [5.41, 5.74) is 9.09. The Bertz CT molecular complexity index is 904. The topological polar surface area (TPSA) is 105 Å². The van der Waals surface area contributed by atoms with Gasteiger partial charge in [-0.25, -0.2) is 4.79 Å². The van der Waals surface area contributed by atoms with E-state index in [0.29, 0.717) is 19.0 Å². The molecule has 0 fully saturated rings. The van der Waals surface area contributed by atoms with Gasteiger partial charge in [0, 0.05) is 18.8 Å². The van der Waals surface area contributed by atoms with Crippen LogP contribution in [-0.2, 0) is 9.53 Å². The van der Waals surface area contributed by atoms with E-state index in [1.54, 1.807) is 0 Å². The number of rotatable bonds is 10. The van der Waals surface area contributed by atoms with Gasteiger partial charge in [0.1, 0.15) is 5.60 Å². The number of carbonyl (C=O) groups is 2. The number of nitrogens with one attached hydrogen (secondary N) is 3. The molecule has 2 aromatic carbocycles. The molecular weight excluding hydrogens is 416 g/mol. The molecule has 180 valence electrons. The fourth-order valence-electron chi connectivity index (χ4n) is 3.49. The second-order valence-electron chi connectivity index (χ2n) is 9.49. The van der Waals surface area contributed by atoms with E-state index >= 15 is 0 Å². The molecule has 33 heavy (non-hydrogen) atoms. The molecule has 0 heterocycles. The van der Waals surface area contributed by atoms with Crippen molar-refractivity contribution in [2.45, 2.75) is 52.6 Å². The highest BCUT2D eigenvalue weighted by atomic mass is 16.6. The van der Waals surface area contributed by atoms with Gasteiger partial charge in [0.05, 0.1) is 12.6 Å². The van der Waals surface area contributed by atoms with Crippen molar-refractivity contribution in [2.75, 3.05) is 25.1 Å². The lowest BCUT2D eigenvalue weighted by Gasteiger charge is -2.20. The molecule has 2 rings (SSSR count). The number of benzene rings is 2. The van der Waals surface area contributed by atoms with Crippen LogP contribution in [0.5, 0.6) is 0 Å². The van der Waals surface area contributed by atoms with E-state index in [4.69, 9.17) is 10.5 Å². The normalized spacial score (nSPS) is 12.2. The monoisotopic (exact) mass is 454 g/mol. The van der Waals surface area contributed by atoms with E-state index in [-0.39, 0.29) is 18.5 Å². The van der Waals surface area contributed by atoms with Gasteiger partial charge >= 0.3 is 6.09 Å². The fraction of sp³-hybridized carbons (Fsp3) is 0.462. The Morgan fingerprint density at radius 3 is 2.27 bits per heavy atom. The Kier molecular flexibility index (Phi) is 9.73. The minimum atomic E-state index is -0.506. The number of alkyl carbamates (subject to hydrolysis) is 1. The highest BCUT2D eigenvalue weighted by molar-refractivity contribution is 5.84. The zero-order chi connectivity index (χ0) is 24.4. The van der Waals surface area contributed by atoms with Crippen LogP contribution in [0.1, 0.15) is 52.5 Å². The van der Waals surface area contributed by atoms with Crippen molar-refractivity contribution in [2.24, 2.45) is 11.7 Å². The fourth-order valence-corrected chi connectivity index (χ4v) is 3.49. The smallest absolute Gasteiger partial charge is 0.407 e. The Hall–Kier alpha value is -3.06. The predicted molar refractivity (Wildman–Crippen MR) is 134 cm³/mol. The van der Waals surface area contributed by atoms with Crippen molar-refractivity contribution in [3.05, 3.63) is 54.1 Å². The largest absolute Gasteiger partial charge is 0.444 e. The summed E-state index contributed by atoms with van der Waals surface area (Å²) in [6.07, 6.45) is 0.339. The first-order chi connectivity index (χ1) is 15.6. The summed E-state index contributed by atoms with van der Waals surface area (Å²) in [6.45, 7) is 10.9. The molecule has 2 amide bonds. The van der Waals surface area contributed by atoms with Crippen LogP contribution in [0.4, 0.5) is 10.5 Å². The van der Waals surface area contributed by atoms with Crippen LogP contribution < -0.4 is 21.7 Å². The van der Waals surface area contributed by atoms with Gasteiger partial charge in [0.25, 0.3) is 0 Å². The van der Waals surface area contributed by atoms with Crippen LogP contribution >= 0.6 is 0 Å². The molecule has 7 heteroatoms. The highest BCUT2D eigenvalue weighted by Crippen LogP contribution is 2.29. The summed E-state index contributed by atoms with van der Waals surface area (Å²) in [6, 6.07) is 16.2. The number of hydrogen-bond donors (Lipinski definition) is 4. The highest BCUT2D eigenvalue weighted by Gasteiger charge is 2.21. The summed E-state index contributed by atoms with van der Waals surface area (Å²) in [5, 5.41) is 8.77. The first-order valence-electron chi connectivity index (χ1n) is 11.5. The van der Waals surface area contributed by atoms with E-state index in [9.17, 15) is 9.59 Å². The molecule has 0 aliphatic heterocycles. The molecule has 0 saturated carbocycles. The van der Waals surface area contributed by atoms with Gasteiger partial charge in [-0.15, -0.1) is 0 Å². The zero-order valence-electron chi connectivity index (χ0n) is 20.4. The summed E-state index contributed by atoms with van der Waals surface area (Å²) in [5.74, 6) is 0.118. The number of ether oxygens (including phenoxy) is 1. The maximum absolute atomic E-state index is 12.6. The number of carbonyl (C=O) groups excluding carboxylic acids is 2. The second kappa shape index (κ2) is 12.3. The Labute approximate surface area is 197 Å². The number of amides is 2. The Morgan fingerprint density at radius 1 is 0.970 bits per heavy atom. The SMILES string of the molecule is CC(C)CC(C(=O)NCN)c1cccc(-c2ccc(NCCNC(=O)OC(C)(C)C)cc2)c1. The summed E-state index contributed by atoms with van der Waals surface area (Å²) >= 11 is 0. The Balaban J connectivity index is 2.00. The van der Waals surface area contributed by atoms with Crippen LogP contribution in [0.15, 0.2) is 48.5 Å². The van der Waals surface area contributed by atoms with Crippen LogP contribution in [-0.4, -0.2) is 37.4 Å². The van der Waals surface area contributed by atoms with E-state index in [0.717, 1.165) is 28.8 Å². The molecule has 1 atom stereocenters. The van der Waals surface area contributed by atoms with E-state index in [2.05, 4.69) is 35.9 Å². The predicted octanol–water partition coefficient (Wildman–Crippen LogP) is 4.45. The third-order valence-corrected chi connectivity index (χ3v) is 4.93. The molecule has 0 spiro atoms. The maximum atomic E-state index is 12.6. The van der Waals surface area contributed by atoms with Crippen molar-refractivity contribution in [3.8, 4) is 11.1 Å². The molecule has 0 aliphatic rings. The number of anilines is 1. The zero-order valence-corrected chi connectivity index (χ0v) is 20.4. The summed E-state index contributed by atoms with van der Waals surface area (Å²) in [7, 11) is 0. The van der Waals surface area contributed by atoms with Crippen LogP contribution in [0.3, 0.4) is 0 Å². The average Bonchev–Trinajstić information content (AvgIpc) is 2.74. The third kappa shape index (κ3) is 9.14. The van der Waals surface area contributed by atoms with Gasteiger partial charge in [-0.2, -0.15) is 0 Å². The van der Waals surface area contributed by atoms with Crippen molar-refractivity contribution >= 4 is 17.7 Å². The van der Waals surface area contributed by atoms with Gasteiger partial charge < -0.3 is 26.4 Å². The van der Waals surface area contributed by atoms with Gasteiger partial charge in [-0.3, -0.25) is 4.79 Å². The summed E-state index contributed by atoms with van der Waals surface area (Å²) < 4.78 is 5.22. The Morgan fingerprint density at radius 2 is 1.67 bits per heavy atom. The third-order valence-electron chi connectivity index (χ3n) is 4.93. The summed E-state index contributed by atoms with van der Waals surface area (Å²) in [4.78, 5) is 24.3. The van der Waals surface area contributed by atoms with Crippen LogP contribution in [0.2, 0.25) is 0 Å². The van der Waals surface area contributed by atoms with Gasteiger partial charge in [-0.1, -0.05) is 50.2 Å². The standard InChI is InChI=1S/C26H38N4O3/c1-18(2)15-23(24(31)30-17-27)21-8-6-7-20(16-21)19-9-11-22(12-10-19)28-13-14-29-25(32)33-26(3,4)5/h6-12,16,18,23,28H,13-15,17,27H2,1-5H3,(H,29,32)(H,30,31). The molecule has 7 nitrogen and oxygen atoms in total. The second-order valence-corrected chi connectivity index (χ2v) is 9.49. The lowest BCUT2D eigenvalue weighted by molar-refractivity contribution is -0.122. The lowest BCUT2D eigenvalue weighted by atomic mass is 9.88. The molecular formula is C26H38N4O3.